The molecule has 0 saturated carbocycles. The molecular formula is C28H24BrN2OS+. The lowest BCUT2D eigenvalue weighted by Gasteiger charge is -2.18. The van der Waals surface area contributed by atoms with Crippen molar-refractivity contribution in [3.8, 4) is 0 Å². The summed E-state index contributed by atoms with van der Waals surface area (Å²) in [6, 6.07) is 27.6. The van der Waals surface area contributed by atoms with E-state index in [-0.39, 0.29) is 6.61 Å². The van der Waals surface area contributed by atoms with E-state index in [1.54, 1.807) is 11.8 Å². The summed E-state index contributed by atoms with van der Waals surface area (Å²) >= 11 is 5.30. The van der Waals surface area contributed by atoms with Crippen LogP contribution in [0, 0.1) is 0 Å². The van der Waals surface area contributed by atoms with Gasteiger partial charge in [-0.25, -0.2) is 0 Å². The van der Waals surface area contributed by atoms with Gasteiger partial charge in [0.2, 0.25) is 5.52 Å². The maximum absolute atomic E-state index is 9.58. The monoisotopic (exact) mass is 515 g/mol. The summed E-state index contributed by atoms with van der Waals surface area (Å²) in [5.41, 5.74) is 4.82. The Hall–Kier alpha value is -2.86. The van der Waals surface area contributed by atoms with E-state index in [0.29, 0.717) is 6.54 Å². The fourth-order valence-electron chi connectivity index (χ4n) is 4.13. The average molecular weight is 516 g/mol. The molecule has 3 aromatic carbocycles. The maximum Gasteiger partial charge on any atom is 0.213 e. The molecule has 1 N–H and O–H groups in total. The Morgan fingerprint density at radius 3 is 2.64 bits per heavy atom. The molecule has 0 atom stereocenters. The van der Waals surface area contributed by atoms with Crippen LogP contribution < -0.4 is 9.47 Å². The molecule has 4 aromatic rings. The molecule has 5 heteroatoms. The zero-order valence-corrected chi connectivity index (χ0v) is 20.5. The summed E-state index contributed by atoms with van der Waals surface area (Å²) in [4.78, 5) is 3.38. The molecule has 0 fully saturated rings. The summed E-state index contributed by atoms with van der Waals surface area (Å²) in [5, 5.41) is 11.9. The van der Waals surface area contributed by atoms with Crippen LogP contribution in [0.25, 0.3) is 17.0 Å². The van der Waals surface area contributed by atoms with E-state index in [9.17, 15) is 5.11 Å². The number of halogens is 1. The lowest BCUT2D eigenvalue weighted by atomic mass is 10.1. The van der Waals surface area contributed by atoms with E-state index in [4.69, 9.17) is 0 Å². The van der Waals surface area contributed by atoms with Crippen LogP contribution in [0.3, 0.4) is 0 Å². The van der Waals surface area contributed by atoms with Crippen LogP contribution in [0.1, 0.15) is 11.1 Å². The van der Waals surface area contributed by atoms with Crippen molar-refractivity contribution in [1.29, 1.82) is 0 Å². The van der Waals surface area contributed by atoms with E-state index < -0.39 is 0 Å². The summed E-state index contributed by atoms with van der Waals surface area (Å²) in [5.74, 6) is 0. The topological polar surface area (TPSA) is 27.3 Å². The first-order valence-corrected chi connectivity index (χ1v) is 12.5. The zero-order valence-electron chi connectivity index (χ0n) is 18.1. The number of benzene rings is 3. The van der Waals surface area contributed by atoms with Crippen molar-refractivity contribution in [3.05, 3.63) is 118 Å². The molecule has 0 unspecified atom stereocenters. The highest BCUT2D eigenvalue weighted by Crippen LogP contribution is 2.46. The molecule has 2 heterocycles. The fourth-order valence-corrected chi connectivity index (χ4v) is 5.57. The van der Waals surface area contributed by atoms with Gasteiger partial charge < -0.3 is 10.0 Å². The second kappa shape index (κ2) is 9.96. The number of β-amino-alcohol motifs (C(OH)–C–C–N with tert-alkyl or cyclic N) is 1. The van der Waals surface area contributed by atoms with Gasteiger partial charge in [-0.1, -0.05) is 82.3 Å². The molecule has 3 nitrogen and oxygen atoms in total. The van der Waals surface area contributed by atoms with Crippen molar-refractivity contribution in [2.45, 2.75) is 11.4 Å². The Labute approximate surface area is 206 Å². The minimum atomic E-state index is 0.109. The summed E-state index contributed by atoms with van der Waals surface area (Å²) in [6.07, 6.45) is 8.57. The third-order valence-electron chi connectivity index (χ3n) is 5.68. The lowest BCUT2D eigenvalue weighted by Crippen LogP contribution is -2.34. The van der Waals surface area contributed by atoms with E-state index >= 15 is 0 Å². The molecule has 0 saturated heterocycles. The number of allylic oxidation sites excluding steroid dienone is 2. The maximum atomic E-state index is 9.58. The molecule has 0 bridgehead atoms. The molecule has 0 amide bonds. The van der Waals surface area contributed by atoms with Crippen molar-refractivity contribution < 1.29 is 9.67 Å². The first-order valence-electron chi connectivity index (χ1n) is 10.9. The number of rotatable bonds is 6. The quantitative estimate of drug-likeness (QED) is 0.301. The van der Waals surface area contributed by atoms with Gasteiger partial charge in [0, 0.05) is 33.6 Å². The van der Waals surface area contributed by atoms with Crippen molar-refractivity contribution in [3.63, 3.8) is 0 Å². The standard InChI is InChI=1S/C28H24BrN2OS/c29-23-13-14-27-26(19-23)31(17-18-32)28(33-27)12-6-9-22-15-16-30(20-21-7-2-1-3-8-21)25-11-5-4-10-24(22)25/h1-16,19,32H,17-18,20H2/q+1. The zero-order chi connectivity index (χ0) is 22.6. The Balaban J connectivity index is 1.44. The van der Waals surface area contributed by atoms with E-state index in [2.05, 4.69) is 129 Å². The fraction of sp³-hybridized carbons (Fsp3) is 0.107. The highest BCUT2D eigenvalue weighted by molar-refractivity contribution is 9.10. The highest BCUT2D eigenvalue weighted by Gasteiger charge is 2.24. The number of thioether (sulfide) groups is 1. The smallest absolute Gasteiger partial charge is 0.213 e. The summed E-state index contributed by atoms with van der Waals surface area (Å²) < 4.78 is 3.34. The highest BCUT2D eigenvalue weighted by atomic mass is 79.9. The first kappa shape index (κ1) is 22.0. The van der Waals surface area contributed by atoms with Gasteiger partial charge in [-0.15, -0.1) is 0 Å². The number of para-hydroxylation sites is 1. The third kappa shape index (κ3) is 4.76. The lowest BCUT2D eigenvalue weighted by molar-refractivity contribution is -0.662. The van der Waals surface area contributed by atoms with E-state index in [1.165, 1.54) is 26.9 Å². The van der Waals surface area contributed by atoms with Crippen LogP contribution in [-0.2, 0) is 6.54 Å². The van der Waals surface area contributed by atoms with Gasteiger partial charge >= 0.3 is 0 Å². The Morgan fingerprint density at radius 1 is 0.970 bits per heavy atom. The molecule has 0 spiro atoms. The van der Waals surface area contributed by atoms with Gasteiger partial charge in [0.05, 0.1) is 22.7 Å². The second-order valence-electron chi connectivity index (χ2n) is 7.86. The van der Waals surface area contributed by atoms with Crippen molar-refractivity contribution in [2.24, 2.45) is 0 Å². The molecule has 1 aliphatic heterocycles. The molecule has 33 heavy (non-hydrogen) atoms. The Kier molecular flexibility index (Phi) is 6.63. The number of aromatic nitrogens is 1. The Morgan fingerprint density at radius 2 is 1.79 bits per heavy atom. The number of hydrogen-bond acceptors (Lipinski definition) is 3. The summed E-state index contributed by atoms with van der Waals surface area (Å²) in [6.45, 7) is 1.53. The van der Waals surface area contributed by atoms with Crippen LogP contribution in [0.15, 0.2) is 112 Å². The number of aliphatic hydroxyl groups is 1. The molecule has 164 valence electrons. The molecular weight excluding hydrogens is 492 g/mol. The molecule has 5 rings (SSSR count). The third-order valence-corrected chi connectivity index (χ3v) is 7.31. The van der Waals surface area contributed by atoms with Crippen LogP contribution in [0.4, 0.5) is 5.69 Å². The minimum absolute atomic E-state index is 0.109. The second-order valence-corrected chi connectivity index (χ2v) is 9.83. The average Bonchev–Trinajstić information content (AvgIpc) is 3.18. The largest absolute Gasteiger partial charge is 0.395 e. The van der Waals surface area contributed by atoms with Crippen molar-refractivity contribution >= 4 is 50.4 Å². The van der Waals surface area contributed by atoms with Gasteiger partial charge in [-0.3, -0.25) is 0 Å². The molecule has 1 aromatic heterocycles. The van der Waals surface area contributed by atoms with Gasteiger partial charge in [0.25, 0.3) is 0 Å². The predicted octanol–water partition coefficient (Wildman–Crippen LogP) is 6.40. The van der Waals surface area contributed by atoms with Gasteiger partial charge in [0.15, 0.2) is 12.7 Å². The van der Waals surface area contributed by atoms with Crippen LogP contribution >= 0.6 is 27.7 Å². The van der Waals surface area contributed by atoms with E-state index in [1.807, 2.05) is 0 Å². The normalized spacial score (nSPS) is 14.5. The number of anilines is 1. The number of fused-ring (bicyclic) bond motifs is 2. The van der Waals surface area contributed by atoms with Crippen LogP contribution in [0.5, 0.6) is 0 Å². The minimum Gasteiger partial charge on any atom is -0.395 e. The predicted molar refractivity (Wildman–Crippen MR) is 141 cm³/mol. The number of hydrogen-bond donors (Lipinski definition) is 1. The molecule has 0 aliphatic carbocycles. The molecule has 1 aliphatic rings. The van der Waals surface area contributed by atoms with Crippen molar-refractivity contribution in [2.75, 3.05) is 18.1 Å². The van der Waals surface area contributed by atoms with Crippen LogP contribution in [-0.4, -0.2) is 18.3 Å². The Bertz CT molecular complexity index is 1350. The number of pyridine rings is 1. The first-order chi connectivity index (χ1) is 16.2. The van der Waals surface area contributed by atoms with Gasteiger partial charge in [-0.2, -0.15) is 4.57 Å². The van der Waals surface area contributed by atoms with Crippen LogP contribution in [0.2, 0.25) is 0 Å². The number of nitrogens with zero attached hydrogens (tertiary/aromatic N) is 2. The van der Waals surface area contributed by atoms with E-state index in [0.717, 1.165) is 21.7 Å². The number of aliphatic hydroxyl groups excluding tert-OH is 1. The van der Waals surface area contributed by atoms with Crippen molar-refractivity contribution in [1.82, 2.24) is 0 Å². The SMILES string of the molecule is OCCN1C(=CC=Cc2cc[n+](Cc3ccccc3)c3ccccc23)Sc2ccc(Br)cc21. The van der Waals surface area contributed by atoms with Gasteiger partial charge in [-0.05, 0) is 35.9 Å². The summed E-state index contributed by atoms with van der Waals surface area (Å²) in [7, 11) is 0. The molecule has 0 radical (unpaired) electrons. The van der Waals surface area contributed by atoms with Gasteiger partial charge in [0.1, 0.15) is 0 Å².